The van der Waals surface area contributed by atoms with Crippen LogP contribution in [0, 0.1) is 17.3 Å². The molecule has 1 heterocycles. The summed E-state index contributed by atoms with van der Waals surface area (Å²) in [5.41, 5.74) is 0.249. The molecule has 0 aromatic rings. The molecular formula is C15H29NO. The Hall–Kier alpha value is -0.0800. The van der Waals surface area contributed by atoms with E-state index >= 15 is 0 Å². The van der Waals surface area contributed by atoms with Crippen LogP contribution in [0.15, 0.2) is 0 Å². The van der Waals surface area contributed by atoms with Gasteiger partial charge in [-0.1, -0.05) is 34.6 Å². The van der Waals surface area contributed by atoms with Crippen LogP contribution in [-0.2, 0) is 4.74 Å². The highest BCUT2D eigenvalue weighted by molar-refractivity contribution is 4.98. The van der Waals surface area contributed by atoms with Crippen LogP contribution in [0.2, 0.25) is 0 Å². The van der Waals surface area contributed by atoms with Crippen LogP contribution in [0.4, 0.5) is 0 Å². The first-order valence-electron chi connectivity index (χ1n) is 7.26. The van der Waals surface area contributed by atoms with Gasteiger partial charge in [0.25, 0.3) is 0 Å². The average molecular weight is 239 g/mol. The van der Waals surface area contributed by atoms with E-state index in [2.05, 4.69) is 39.9 Å². The minimum Gasteiger partial charge on any atom is -0.360 e. The molecule has 1 unspecified atom stereocenters. The van der Waals surface area contributed by atoms with Gasteiger partial charge in [0, 0.05) is 11.5 Å². The third-order valence-corrected chi connectivity index (χ3v) is 4.73. The van der Waals surface area contributed by atoms with Gasteiger partial charge in [0.05, 0.1) is 6.61 Å². The highest BCUT2D eigenvalue weighted by atomic mass is 16.5. The fourth-order valence-corrected chi connectivity index (χ4v) is 3.52. The molecule has 1 spiro atoms. The Morgan fingerprint density at radius 2 is 1.76 bits per heavy atom. The second-order valence-electron chi connectivity index (χ2n) is 7.32. The molecule has 2 rings (SSSR count). The summed E-state index contributed by atoms with van der Waals surface area (Å²) in [6.07, 6.45) is 4.98. The molecule has 2 heteroatoms. The van der Waals surface area contributed by atoms with Crippen LogP contribution < -0.4 is 5.32 Å². The van der Waals surface area contributed by atoms with Crippen molar-refractivity contribution in [3.8, 4) is 0 Å². The molecule has 1 saturated carbocycles. The molecule has 1 atom stereocenters. The maximum absolute atomic E-state index is 6.24. The smallest absolute Gasteiger partial charge is 0.119 e. The Bertz CT molecular complexity index is 264. The molecule has 0 aromatic carbocycles. The summed E-state index contributed by atoms with van der Waals surface area (Å²) >= 11 is 0. The van der Waals surface area contributed by atoms with E-state index in [1.807, 2.05) is 0 Å². The summed E-state index contributed by atoms with van der Waals surface area (Å²) in [6.45, 7) is 12.6. The zero-order valence-corrected chi connectivity index (χ0v) is 12.2. The van der Waals surface area contributed by atoms with E-state index in [0.29, 0.717) is 12.0 Å². The van der Waals surface area contributed by atoms with E-state index in [1.54, 1.807) is 0 Å². The maximum Gasteiger partial charge on any atom is 0.119 e. The molecule has 1 aliphatic heterocycles. The molecule has 2 aliphatic rings. The van der Waals surface area contributed by atoms with Gasteiger partial charge in [-0.25, -0.2) is 0 Å². The molecule has 1 saturated heterocycles. The SMILES string of the molecule is CC1CCC2(CC1)NC(C(C)C)C(C)(C)CO2. The van der Waals surface area contributed by atoms with Crippen LogP contribution in [-0.4, -0.2) is 18.4 Å². The zero-order valence-electron chi connectivity index (χ0n) is 12.2. The second-order valence-corrected chi connectivity index (χ2v) is 7.32. The Labute approximate surface area is 107 Å². The molecule has 2 nitrogen and oxygen atoms in total. The number of rotatable bonds is 1. The van der Waals surface area contributed by atoms with Crippen molar-refractivity contribution in [2.75, 3.05) is 6.61 Å². The quantitative estimate of drug-likeness (QED) is 0.755. The van der Waals surface area contributed by atoms with E-state index in [1.165, 1.54) is 25.7 Å². The van der Waals surface area contributed by atoms with E-state index in [0.717, 1.165) is 12.5 Å². The molecule has 0 radical (unpaired) electrons. The molecule has 1 aliphatic carbocycles. The van der Waals surface area contributed by atoms with E-state index in [4.69, 9.17) is 4.74 Å². The lowest BCUT2D eigenvalue weighted by Crippen LogP contribution is -2.65. The number of ether oxygens (including phenoxy) is 1. The van der Waals surface area contributed by atoms with Gasteiger partial charge in [-0.2, -0.15) is 0 Å². The van der Waals surface area contributed by atoms with Crippen LogP contribution in [0.5, 0.6) is 0 Å². The van der Waals surface area contributed by atoms with Crippen LogP contribution in [0.3, 0.4) is 0 Å². The van der Waals surface area contributed by atoms with Crippen molar-refractivity contribution in [3.63, 3.8) is 0 Å². The maximum atomic E-state index is 6.24. The van der Waals surface area contributed by atoms with Gasteiger partial charge in [0.15, 0.2) is 0 Å². The third kappa shape index (κ3) is 2.68. The van der Waals surface area contributed by atoms with Crippen molar-refractivity contribution < 1.29 is 4.74 Å². The lowest BCUT2D eigenvalue weighted by Gasteiger charge is -2.53. The van der Waals surface area contributed by atoms with E-state index < -0.39 is 0 Å². The molecule has 0 bridgehead atoms. The van der Waals surface area contributed by atoms with Gasteiger partial charge in [0.1, 0.15) is 5.72 Å². The summed E-state index contributed by atoms with van der Waals surface area (Å²) < 4.78 is 6.24. The van der Waals surface area contributed by atoms with Crippen molar-refractivity contribution in [2.45, 2.75) is 72.1 Å². The standard InChI is InChI=1S/C15H29NO/c1-11(2)13-14(4,5)10-17-15(16-13)8-6-12(3)7-9-15/h11-13,16H,6-10H2,1-5H3. The molecule has 0 amide bonds. The molecular weight excluding hydrogens is 210 g/mol. The molecule has 100 valence electrons. The predicted molar refractivity (Wildman–Crippen MR) is 71.9 cm³/mol. The van der Waals surface area contributed by atoms with Crippen LogP contribution in [0.25, 0.3) is 0 Å². The average Bonchev–Trinajstić information content (AvgIpc) is 2.26. The summed E-state index contributed by atoms with van der Waals surface area (Å²) in [5, 5.41) is 3.86. The summed E-state index contributed by atoms with van der Waals surface area (Å²) in [6, 6.07) is 0.574. The van der Waals surface area contributed by atoms with Crippen molar-refractivity contribution in [3.05, 3.63) is 0 Å². The zero-order chi connectivity index (χ0) is 12.7. The summed E-state index contributed by atoms with van der Waals surface area (Å²) in [5.74, 6) is 1.54. The van der Waals surface area contributed by atoms with Gasteiger partial charge in [-0.3, -0.25) is 5.32 Å². The minimum atomic E-state index is -0.00301. The predicted octanol–water partition coefficient (Wildman–Crippen LogP) is 3.56. The Morgan fingerprint density at radius 1 is 1.18 bits per heavy atom. The molecule has 2 fully saturated rings. The molecule has 0 aromatic heterocycles. The largest absolute Gasteiger partial charge is 0.360 e. The van der Waals surface area contributed by atoms with Crippen molar-refractivity contribution in [1.82, 2.24) is 5.32 Å². The first kappa shape index (κ1) is 13.4. The summed E-state index contributed by atoms with van der Waals surface area (Å²) in [4.78, 5) is 0. The molecule has 1 N–H and O–H groups in total. The normalized spacial score (nSPS) is 42.0. The van der Waals surface area contributed by atoms with E-state index in [9.17, 15) is 0 Å². The van der Waals surface area contributed by atoms with Gasteiger partial charge in [-0.05, 0) is 37.5 Å². The Morgan fingerprint density at radius 3 is 2.29 bits per heavy atom. The summed E-state index contributed by atoms with van der Waals surface area (Å²) in [7, 11) is 0. The number of nitrogens with one attached hydrogen (secondary N) is 1. The van der Waals surface area contributed by atoms with Gasteiger partial charge < -0.3 is 4.74 Å². The monoisotopic (exact) mass is 239 g/mol. The highest BCUT2D eigenvalue weighted by Gasteiger charge is 2.46. The first-order valence-corrected chi connectivity index (χ1v) is 7.26. The molecule has 17 heavy (non-hydrogen) atoms. The fraction of sp³-hybridized carbons (Fsp3) is 1.00. The fourth-order valence-electron chi connectivity index (χ4n) is 3.52. The third-order valence-electron chi connectivity index (χ3n) is 4.73. The Balaban J connectivity index is 2.08. The lowest BCUT2D eigenvalue weighted by molar-refractivity contribution is -0.182. The Kier molecular flexibility index (Phi) is 3.57. The minimum absolute atomic E-state index is 0.00301. The van der Waals surface area contributed by atoms with Crippen molar-refractivity contribution in [2.24, 2.45) is 17.3 Å². The highest BCUT2D eigenvalue weighted by Crippen LogP contribution is 2.41. The number of hydrogen-bond donors (Lipinski definition) is 1. The van der Waals surface area contributed by atoms with Crippen LogP contribution in [0.1, 0.15) is 60.3 Å². The topological polar surface area (TPSA) is 21.3 Å². The van der Waals surface area contributed by atoms with Crippen molar-refractivity contribution in [1.29, 1.82) is 0 Å². The number of hydrogen-bond acceptors (Lipinski definition) is 2. The van der Waals surface area contributed by atoms with Crippen LogP contribution >= 0.6 is 0 Å². The van der Waals surface area contributed by atoms with Crippen molar-refractivity contribution >= 4 is 0 Å². The first-order chi connectivity index (χ1) is 7.85. The van der Waals surface area contributed by atoms with Gasteiger partial charge in [0.2, 0.25) is 0 Å². The van der Waals surface area contributed by atoms with Gasteiger partial charge in [-0.15, -0.1) is 0 Å². The second kappa shape index (κ2) is 4.55. The lowest BCUT2D eigenvalue weighted by atomic mass is 9.74. The van der Waals surface area contributed by atoms with Gasteiger partial charge >= 0.3 is 0 Å². The van der Waals surface area contributed by atoms with E-state index in [-0.39, 0.29) is 11.1 Å².